The molecule has 0 saturated carbocycles. The van der Waals surface area contributed by atoms with E-state index >= 15 is 0 Å². The highest BCUT2D eigenvalue weighted by atomic mass is 35.5. The van der Waals surface area contributed by atoms with Gasteiger partial charge in [0.25, 0.3) is 5.56 Å². The van der Waals surface area contributed by atoms with E-state index < -0.39 is 6.10 Å². The van der Waals surface area contributed by atoms with Gasteiger partial charge in [0.05, 0.1) is 29.2 Å². The number of anilines is 1. The van der Waals surface area contributed by atoms with Crippen molar-refractivity contribution in [2.24, 2.45) is 0 Å². The number of aliphatic hydroxyl groups excluding tert-OH is 1. The standard InChI is InChI=1S/C22H19ClN4O2/c1-14-10-21(29)27-20-5-3-2-4-19(20)26(22(27)18(14)11-24)13-17(28)12-25-16-8-6-15(23)7-9-16/h2-10,17,25,28H,12-13H2,1H3. The maximum atomic E-state index is 12.7. The Morgan fingerprint density at radius 1 is 1.17 bits per heavy atom. The molecule has 1 atom stereocenters. The Bertz CT molecular complexity index is 1300. The van der Waals surface area contributed by atoms with Gasteiger partial charge in [-0.15, -0.1) is 0 Å². The van der Waals surface area contributed by atoms with Crippen molar-refractivity contribution in [1.82, 2.24) is 8.97 Å². The van der Waals surface area contributed by atoms with Crippen LogP contribution in [0.2, 0.25) is 5.02 Å². The molecule has 2 aromatic heterocycles. The smallest absolute Gasteiger partial charge is 0.257 e. The fraction of sp³-hybridized carbons (Fsp3) is 0.182. The fourth-order valence-electron chi connectivity index (χ4n) is 3.60. The van der Waals surface area contributed by atoms with E-state index in [-0.39, 0.29) is 12.1 Å². The van der Waals surface area contributed by atoms with Gasteiger partial charge in [-0.2, -0.15) is 5.26 Å². The van der Waals surface area contributed by atoms with Crippen molar-refractivity contribution in [1.29, 1.82) is 5.26 Å². The summed E-state index contributed by atoms with van der Waals surface area (Å²) < 4.78 is 3.39. The maximum Gasteiger partial charge on any atom is 0.257 e. The quantitative estimate of drug-likeness (QED) is 0.531. The van der Waals surface area contributed by atoms with Crippen LogP contribution >= 0.6 is 11.6 Å². The van der Waals surface area contributed by atoms with E-state index in [2.05, 4.69) is 11.4 Å². The van der Waals surface area contributed by atoms with Gasteiger partial charge in [-0.3, -0.25) is 9.20 Å². The van der Waals surface area contributed by atoms with Crippen LogP contribution in [0.5, 0.6) is 0 Å². The molecule has 6 nitrogen and oxygen atoms in total. The van der Waals surface area contributed by atoms with E-state index in [9.17, 15) is 15.2 Å². The molecule has 0 aliphatic rings. The van der Waals surface area contributed by atoms with Crippen LogP contribution in [-0.4, -0.2) is 26.7 Å². The van der Waals surface area contributed by atoms with E-state index in [4.69, 9.17) is 11.6 Å². The SMILES string of the molecule is Cc1cc(=O)n2c3ccccc3n(CC(O)CNc3ccc(Cl)cc3)c2c1C#N. The third-order valence-corrected chi connectivity index (χ3v) is 5.20. The van der Waals surface area contributed by atoms with Gasteiger partial charge >= 0.3 is 0 Å². The van der Waals surface area contributed by atoms with E-state index in [0.29, 0.717) is 33.9 Å². The number of pyridine rings is 1. The molecule has 0 amide bonds. The third kappa shape index (κ3) is 3.46. The highest BCUT2D eigenvalue weighted by molar-refractivity contribution is 6.30. The van der Waals surface area contributed by atoms with Crippen LogP contribution in [0.4, 0.5) is 5.69 Å². The van der Waals surface area contributed by atoms with Crippen molar-refractivity contribution in [3.8, 4) is 6.07 Å². The summed E-state index contributed by atoms with van der Waals surface area (Å²) in [5.41, 5.74) is 3.71. The molecule has 0 aliphatic carbocycles. The van der Waals surface area contributed by atoms with Crippen molar-refractivity contribution < 1.29 is 5.11 Å². The molecule has 0 radical (unpaired) electrons. The normalized spacial score (nSPS) is 12.2. The van der Waals surface area contributed by atoms with E-state index in [0.717, 1.165) is 11.2 Å². The number of benzene rings is 2. The lowest BCUT2D eigenvalue weighted by atomic mass is 10.1. The lowest BCUT2D eigenvalue weighted by Crippen LogP contribution is -2.25. The third-order valence-electron chi connectivity index (χ3n) is 4.95. The molecule has 1 unspecified atom stereocenters. The van der Waals surface area contributed by atoms with Crippen LogP contribution in [0, 0.1) is 18.3 Å². The van der Waals surface area contributed by atoms with E-state index in [1.165, 1.54) is 6.07 Å². The highest BCUT2D eigenvalue weighted by Gasteiger charge is 2.19. The number of aryl methyl sites for hydroxylation is 1. The number of aromatic nitrogens is 2. The number of rotatable bonds is 5. The van der Waals surface area contributed by atoms with Crippen molar-refractivity contribution >= 4 is 34.0 Å². The first-order valence-electron chi connectivity index (χ1n) is 9.21. The molecule has 2 N–H and O–H groups in total. The molecular weight excluding hydrogens is 388 g/mol. The van der Waals surface area contributed by atoms with Gasteiger partial charge in [-0.05, 0) is 48.9 Å². The monoisotopic (exact) mass is 406 g/mol. The molecule has 7 heteroatoms. The number of nitriles is 1. The molecule has 2 heterocycles. The molecule has 146 valence electrons. The molecule has 0 aliphatic heterocycles. The molecule has 0 fully saturated rings. The topological polar surface area (TPSA) is 82.5 Å². The van der Waals surface area contributed by atoms with Crippen molar-refractivity contribution in [3.05, 3.63) is 81.1 Å². The minimum Gasteiger partial charge on any atom is -0.389 e. The van der Waals surface area contributed by atoms with Crippen molar-refractivity contribution in [3.63, 3.8) is 0 Å². The highest BCUT2D eigenvalue weighted by Crippen LogP contribution is 2.24. The predicted molar refractivity (Wildman–Crippen MR) is 115 cm³/mol. The molecule has 0 spiro atoms. The fourth-order valence-corrected chi connectivity index (χ4v) is 3.73. The Balaban J connectivity index is 1.75. The van der Waals surface area contributed by atoms with Gasteiger partial charge in [0.1, 0.15) is 11.7 Å². The average Bonchev–Trinajstić information content (AvgIpc) is 3.03. The number of aliphatic hydroxyl groups is 1. The maximum absolute atomic E-state index is 12.7. The van der Waals surface area contributed by atoms with Gasteiger partial charge in [0.2, 0.25) is 0 Å². The second-order valence-corrected chi connectivity index (χ2v) is 7.39. The summed E-state index contributed by atoms with van der Waals surface area (Å²) in [7, 11) is 0. The lowest BCUT2D eigenvalue weighted by molar-refractivity contribution is 0.169. The minimum absolute atomic E-state index is 0.194. The first kappa shape index (κ1) is 19.1. The van der Waals surface area contributed by atoms with Crippen LogP contribution in [0.1, 0.15) is 11.1 Å². The molecule has 29 heavy (non-hydrogen) atoms. The Labute approximate surface area is 172 Å². The number of nitrogens with one attached hydrogen (secondary N) is 1. The molecule has 4 rings (SSSR count). The van der Waals surface area contributed by atoms with Crippen LogP contribution in [0.3, 0.4) is 0 Å². The van der Waals surface area contributed by atoms with Gasteiger partial charge in [0.15, 0.2) is 0 Å². The summed E-state index contributed by atoms with van der Waals surface area (Å²) in [5.74, 6) is 0. The number of nitrogens with zero attached hydrogens (tertiary/aromatic N) is 3. The van der Waals surface area contributed by atoms with Crippen molar-refractivity contribution in [2.45, 2.75) is 19.6 Å². The van der Waals surface area contributed by atoms with E-state index in [1.807, 2.05) is 41.0 Å². The Hall–Kier alpha value is -3.27. The first-order valence-corrected chi connectivity index (χ1v) is 9.58. The molecule has 0 saturated heterocycles. The number of halogens is 1. The summed E-state index contributed by atoms with van der Waals surface area (Å²) in [5, 5.41) is 24.2. The first-order chi connectivity index (χ1) is 14.0. The zero-order chi connectivity index (χ0) is 20.5. The Morgan fingerprint density at radius 2 is 1.86 bits per heavy atom. The zero-order valence-electron chi connectivity index (χ0n) is 15.8. The Kier molecular flexibility index (Phi) is 5.01. The van der Waals surface area contributed by atoms with Crippen LogP contribution < -0.4 is 10.9 Å². The van der Waals surface area contributed by atoms with Crippen LogP contribution in [-0.2, 0) is 6.54 Å². The number of hydrogen-bond donors (Lipinski definition) is 2. The van der Waals surface area contributed by atoms with Crippen LogP contribution in [0.25, 0.3) is 16.7 Å². The van der Waals surface area contributed by atoms with Crippen molar-refractivity contribution in [2.75, 3.05) is 11.9 Å². The van der Waals surface area contributed by atoms with E-state index in [1.54, 1.807) is 23.5 Å². The predicted octanol–water partition coefficient (Wildman–Crippen LogP) is 3.56. The molecule has 4 aromatic rings. The van der Waals surface area contributed by atoms with Gasteiger partial charge in [-0.25, -0.2) is 0 Å². The lowest BCUT2D eigenvalue weighted by Gasteiger charge is -2.16. The number of para-hydroxylation sites is 2. The number of hydrogen-bond acceptors (Lipinski definition) is 4. The second kappa shape index (κ2) is 7.63. The molecular formula is C22H19ClN4O2. The number of imidazole rings is 1. The van der Waals surface area contributed by atoms with Gasteiger partial charge < -0.3 is 15.0 Å². The second-order valence-electron chi connectivity index (χ2n) is 6.95. The summed E-state index contributed by atoms with van der Waals surface area (Å²) in [6.45, 7) is 2.29. The average molecular weight is 407 g/mol. The molecule has 2 aromatic carbocycles. The van der Waals surface area contributed by atoms with Gasteiger partial charge in [0, 0.05) is 23.3 Å². The zero-order valence-corrected chi connectivity index (χ0v) is 16.5. The summed E-state index contributed by atoms with van der Waals surface area (Å²) in [4.78, 5) is 12.7. The Morgan fingerprint density at radius 3 is 2.55 bits per heavy atom. The summed E-state index contributed by atoms with van der Waals surface area (Å²) in [6.07, 6.45) is -0.743. The largest absolute Gasteiger partial charge is 0.389 e. The molecule has 0 bridgehead atoms. The number of fused-ring (bicyclic) bond motifs is 3. The van der Waals surface area contributed by atoms with Crippen LogP contribution in [0.15, 0.2) is 59.4 Å². The summed E-state index contributed by atoms with van der Waals surface area (Å²) >= 11 is 5.90. The van der Waals surface area contributed by atoms with Gasteiger partial charge in [-0.1, -0.05) is 23.7 Å². The summed E-state index contributed by atoms with van der Waals surface area (Å²) in [6, 6.07) is 18.4. The minimum atomic E-state index is -0.743.